The average Bonchev–Trinajstić information content (AvgIpc) is 3.08. The van der Waals surface area contributed by atoms with E-state index in [2.05, 4.69) is 92.9 Å². The summed E-state index contributed by atoms with van der Waals surface area (Å²) < 4.78 is 0. The highest BCUT2D eigenvalue weighted by molar-refractivity contribution is 7.16. The maximum atomic E-state index is 2.57. The van der Waals surface area contributed by atoms with Gasteiger partial charge in [0, 0.05) is 24.5 Å². The Morgan fingerprint density at radius 2 is 1.48 bits per heavy atom. The Morgan fingerprint density at radius 3 is 2.07 bits per heavy atom. The summed E-state index contributed by atoms with van der Waals surface area (Å²) in [6.45, 7) is 13.0. The summed E-state index contributed by atoms with van der Waals surface area (Å²) in [6, 6.07) is 9.35. The highest BCUT2D eigenvalue weighted by atomic mass is 32.1. The van der Waals surface area contributed by atoms with Gasteiger partial charge >= 0.3 is 0 Å². The zero-order valence-corrected chi connectivity index (χ0v) is 19.1. The molecule has 4 nitrogen and oxygen atoms in total. The first-order valence-corrected chi connectivity index (χ1v) is 10.8. The van der Waals surface area contributed by atoms with Gasteiger partial charge in [-0.15, -0.1) is 11.3 Å². The van der Waals surface area contributed by atoms with Crippen LogP contribution in [0.3, 0.4) is 0 Å². The fraction of sp³-hybridized carbons (Fsp3) is 0.545. The molecule has 1 aromatic carbocycles. The number of benzene rings is 1. The zero-order chi connectivity index (χ0) is 20.0. The number of thiophene rings is 1. The van der Waals surface area contributed by atoms with E-state index in [1.807, 2.05) is 25.2 Å². The van der Waals surface area contributed by atoms with E-state index in [-0.39, 0.29) is 6.29 Å². The van der Waals surface area contributed by atoms with Crippen LogP contribution in [0.2, 0.25) is 0 Å². The molecule has 0 bridgehead atoms. The number of anilines is 1. The van der Waals surface area contributed by atoms with Crippen molar-refractivity contribution >= 4 is 16.3 Å². The molecule has 4 rings (SSSR count). The zero-order valence-electron chi connectivity index (χ0n) is 18.2. The molecular formula is C22H34N4S. The number of hydrazine groups is 1. The Kier molecular flexibility index (Phi) is 5.69. The third kappa shape index (κ3) is 3.01. The molecule has 0 saturated carbocycles. The molecule has 1 fully saturated rings. The third-order valence-electron chi connectivity index (χ3n) is 6.11. The summed E-state index contributed by atoms with van der Waals surface area (Å²) in [4.78, 5) is 6.53. The minimum Gasteiger partial charge on any atom is -0.317 e. The summed E-state index contributed by atoms with van der Waals surface area (Å²) in [5.41, 5.74) is 5.63. The monoisotopic (exact) mass is 386 g/mol. The van der Waals surface area contributed by atoms with Crippen molar-refractivity contribution in [3.63, 3.8) is 0 Å². The SMILES string of the molecule is CC.Cc1ccc(C2c3c(sc(C)c3C)N3C(C)N(C)N(C)C3N2C)cc1. The predicted molar refractivity (Wildman–Crippen MR) is 117 cm³/mol. The first-order chi connectivity index (χ1) is 12.8. The first kappa shape index (κ1) is 20.3. The quantitative estimate of drug-likeness (QED) is 0.686. The van der Waals surface area contributed by atoms with Crippen molar-refractivity contribution in [2.75, 3.05) is 26.0 Å². The number of rotatable bonds is 1. The van der Waals surface area contributed by atoms with E-state index in [1.54, 1.807) is 0 Å². The molecule has 3 atom stereocenters. The third-order valence-corrected chi connectivity index (χ3v) is 7.35. The molecule has 3 unspecified atom stereocenters. The fourth-order valence-corrected chi connectivity index (χ4v) is 5.62. The highest BCUT2D eigenvalue weighted by Gasteiger charge is 2.50. The van der Waals surface area contributed by atoms with Gasteiger partial charge in [0.05, 0.1) is 12.2 Å². The van der Waals surface area contributed by atoms with Crippen molar-refractivity contribution in [3.05, 3.63) is 51.4 Å². The summed E-state index contributed by atoms with van der Waals surface area (Å²) >= 11 is 1.95. The summed E-state index contributed by atoms with van der Waals surface area (Å²) in [5.74, 6) is 0. The van der Waals surface area contributed by atoms with Gasteiger partial charge in [-0.25, -0.2) is 10.0 Å². The smallest absolute Gasteiger partial charge is 0.155 e. The second-order valence-corrected chi connectivity index (χ2v) is 8.72. The molecule has 1 aromatic heterocycles. The van der Waals surface area contributed by atoms with Gasteiger partial charge in [-0.2, -0.15) is 0 Å². The molecule has 1 saturated heterocycles. The largest absolute Gasteiger partial charge is 0.317 e. The average molecular weight is 387 g/mol. The lowest BCUT2D eigenvalue weighted by atomic mass is 9.93. The predicted octanol–water partition coefficient (Wildman–Crippen LogP) is 4.96. The molecule has 5 heteroatoms. The van der Waals surface area contributed by atoms with E-state index in [0.717, 1.165) is 0 Å². The van der Waals surface area contributed by atoms with E-state index >= 15 is 0 Å². The van der Waals surface area contributed by atoms with Crippen LogP contribution in [-0.4, -0.2) is 48.5 Å². The summed E-state index contributed by atoms with van der Waals surface area (Å²) in [6.07, 6.45) is 0.601. The van der Waals surface area contributed by atoms with Gasteiger partial charge in [0.15, 0.2) is 6.29 Å². The van der Waals surface area contributed by atoms with Crippen molar-refractivity contribution in [2.45, 2.75) is 60.0 Å². The molecule has 2 aromatic rings. The molecule has 0 amide bonds. The Hall–Kier alpha value is -1.40. The van der Waals surface area contributed by atoms with E-state index in [4.69, 9.17) is 0 Å². The molecule has 0 spiro atoms. The second kappa shape index (κ2) is 7.55. The molecule has 0 radical (unpaired) electrons. The van der Waals surface area contributed by atoms with Gasteiger partial charge in [-0.1, -0.05) is 43.7 Å². The number of nitrogens with zero attached hydrogens (tertiary/aromatic N) is 4. The molecule has 0 aliphatic carbocycles. The van der Waals surface area contributed by atoms with Crippen molar-refractivity contribution in [1.82, 2.24) is 14.9 Å². The van der Waals surface area contributed by atoms with Gasteiger partial charge in [0.1, 0.15) is 5.00 Å². The van der Waals surface area contributed by atoms with Crippen molar-refractivity contribution in [3.8, 4) is 0 Å². The van der Waals surface area contributed by atoms with Gasteiger partial charge < -0.3 is 4.90 Å². The van der Waals surface area contributed by atoms with Crippen molar-refractivity contribution in [2.24, 2.45) is 0 Å². The van der Waals surface area contributed by atoms with Crippen LogP contribution in [0.5, 0.6) is 0 Å². The van der Waals surface area contributed by atoms with E-state index in [0.29, 0.717) is 12.2 Å². The molecule has 2 aliphatic heterocycles. The van der Waals surface area contributed by atoms with Crippen LogP contribution >= 0.6 is 11.3 Å². The minimum absolute atomic E-state index is 0.247. The van der Waals surface area contributed by atoms with E-state index in [9.17, 15) is 0 Å². The van der Waals surface area contributed by atoms with Gasteiger partial charge in [-0.3, -0.25) is 4.90 Å². The topological polar surface area (TPSA) is 13.0 Å². The van der Waals surface area contributed by atoms with Crippen LogP contribution in [-0.2, 0) is 0 Å². The van der Waals surface area contributed by atoms with Gasteiger partial charge in [0.2, 0.25) is 0 Å². The van der Waals surface area contributed by atoms with Crippen LogP contribution in [0.4, 0.5) is 5.00 Å². The number of hydrogen-bond donors (Lipinski definition) is 0. The molecule has 27 heavy (non-hydrogen) atoms. The molecule has 148 valence electrons. The van der Waals surface area contributed by atoms with Crippen molar-refractivity contribution < 1.29 is 0 Å². The van der Waals surface area contributed by atoms with Gasteiger partial charge in [-0.05, 0) is 45.9 Å². The Morgan fingerprint density at radius 1 is 0.889 bits per heavy atom. The molecule has 2 aliphatic rings. The van der Waals surface area contributed by atoms with E-state index in [1.165, 1.54) is 32.1 Å². The number of fused-ring (bicyclic) bond motifs is 3. The maximum absolute atomic E-state index is 2.57. The van der Waals surface area contributed by atoms with Crippen LogP contribution in [0.1, 0.15) is 53.9 Å². The van der Waals surface area contributed by atoms with Gasteiger partial charge in [0.25, 0.3) is 0 Å². The number of hydrogen-bond acceptors (Lipinski definition) is 5. The fourth-order valence-electron chi connectivity index (χ4n) is 4.34. The van der Waals surface area contributed by atoms with Crippen LogP contribution in [0, 0.1) is 20.8 Å². The highest BCUT2D eigenvalue weighted by Crippen LogP contribution is 2.51. The Labute approximate surface area is 169 Å². The first-order valence-electron chi connectivity index (χ1n) is 9.95. The molecule has 0 N–H and O–H groups in total. The minimum atomic E-state index is 0.247. The molecular weight excluding hydrogens is 352 g/mol. The Balaban J connectivity index is 0.00000102. The normalized spacial score (nSPS) is 25.8. The summed E-state index contributed by atoms with van der Waals surface area (Å²) in [7, 11) is 6.65. The van der Waals surface area contributed by atoms with Crippen LogP contribution in [0.15, 0.2) is 24.3 Å². The van der Waals surface area contributed by atoms with E-state index < -0.39 is 0 Å². The van der Waals surface area contributed by atoms with Crippen LogP contribution < -0.4 is 4.90 Å². The standard InChI is InChI=1S/C20H28N4S.C2H6/c1-12-8-10-16(11-9-12)18-17-13(2)14(3)25-19(17)24-15(4)22(6)23(7)20(24)21(18)5;1-2/h8-11,15,18,20H,1-7H3;1-2H3. The Bertz CT molecular complexity index is 797. The molecule has 3 heterocycles. The van der Waals surface area contributed by atoms with Crippen molar-refractivity contribution in [1.29, 1.82) is 0 Å². The summed E-state index contributed by atoms with van der Waals surface area (Å²) in [5, 5.41) is 6.14. The van der Waals surface area contributed by atoms with Crippen LogP contribution in [0.25, 0.3) is 0 Å². The lowest BCUT2D eigenvalue weighted by Crippen LogP contribution is -2.55. The number of aryl methyl sites for hydroxylation is 2. The second-order valence-electron chi connectivity index (χ2n) is 7.51. The lowest BCUT2D eigenvalue weighted by molar-refractivity contribution is -0.0304. The lowest BCUT2D eigenvalue weighted by Gasteiger charge is -2.46. The maximum Gasteiger partial charge on any atom is 0.155 e.